The summed E-state index contributed by atoms with van der Waals surface area (Å²) >= 11 is 5.99. The van der Waals surface area contributed by atoms with Gasteiger partial charge in [0.25, 0.3) is 0 Å². The normalized spacial score (nSPS) is 12.3. The summed E-state index contributed by atoms with van der Waals surface area (Å²) < 4.78 is 10.6. The lowest BCUT2D eigenvalue weighted by atomic mass is 10.1. The van der Waals surface area contributed by atoms with E-state index in [1.165, 1.54) is 0 Å². The van der Waals surface area contributed by atoms with Crippen molar-refractivity contribution in [2.45, 2.75) is 20.0 Å². The lowest BCUT2D eigenvalue weighted by Gasteiger charge is -2.17. The number of hydrogen-bond acceptors (Lipinski definition) is 3. The fourth-order valence-electron chi connectivity index (χ4n) is 1.40. The Morgan fingerprint density at radius 1 is 1.47 bits per heavy atom. The van der Waals surface area contributed by atoms with Gasteiger partial charge < -0.3 is 14.6 Å². The lowest BCUT2D eigenvalue weighted by molar-refractivity contribution is 0.190. The van der Waals surface area contributed by atoms with E-state index in [-0.39, 0.29) is 0 Å². The van der Waals surface area contributed by atoms with Crippen LogP contribution in [0.4, 0.5) is 0 Å². The molecule has 0 bridgehead atoms. The standard InChI is InChI=1S/C11H15ClO3/c1-4-15-11-9(14-3)6-5-8(12)10(11)7(2)13/h5-7,13H,4H2,1-3H3. The van der Waals surface area contributed by atoms with Gasteiger partial charge in [0.1, 0.15) is 0 Å². The molecule has 1 atom stereocenters. The highest BCUT2D eigenvalue weighted by molar-refractivity contribution is 6.31. The van der Waals surface area contributed by atoms with Gasteiger partial charge >= 0.3 is 0 Å². The second-order valence-corrected chi connectivity index (χ2v) is 3.51. The first-order chi connectivity index (χ1) is 7.11. The van der Waals surface area contributed by atoms with Gasteiger partial charge in [-0.15, -0.1) is 0 Å². The molecule has 0 aromatic heterocycles. The third-order valence-electron chi connectivity index (χ3n) is 2.03. The van der Waals surface area contributed by atoms with Crippen molar-refractivity contribution < 1.29 is 14.6 Å². The number of halogens is 1. The Labute approximate surface area is 94.6 Å². The minimum atomic E-state index is -0.686. The van der Waals surface area contributed by atoms with Gasteiger partial charge in [0.2, 0.25) is 0 Å². The largest absolute Gasteiger partial charge is 0.493 e. The molecule has 15 heavy (non-hydrogen) atoms. The van der Waals surface area contributed by atoms with E-state index in [1.54, 1.807) is 26.2 Å². The van der Waals surface area contributed by atoms with E-state index >= 15 is 0 Å². The van der Waals surface area contributed by atoms with Crippen molar-refractivity contribution in [1.29, 1.82) is 0 Å². The quantitative estimate of drug-likeness (QED) is 0.865. The van der Waals surface area contributed by atoms with Gasteiger partial charge in [-0.1, -0.05) is 11.6 Å². The molecule has 1 N–H and O–H groups in total. The molecule has 0 amide bonds. The Morgan fingerprint density at radius 3 is 2.60 bits per heavy atom. The summed E-state index contributed by atoms with van der Waals surface area (Å²) in [7, 11) is 1.55. The number of aliphatic hydroxyl groups is 1. The van der Waals surface area contributed by atoms with Crippen LogP contribution in [0.3, 0.4) is 0 Å². The van der Waals surface area contributed by atoms with Crippen LogP contribution in [-0.2, 0) is 0 Å². The van der Waals surface area contributed by atoms with E-state index in [0.717, 1.165) is 0 Å². The summed E-state index contributed by atoms with van der Waals surface area (Å²) in [5, 5.41) is 10.1. The Hall–Kier alpha value is -0.930. The van der Waals surface area contributed by atoms with Crippen molar-refractivity contribution in [1.82, 2.24) is 0 Å². The molecule has 84 valence electrons. The molecule has 0 fully saturated rings. The number of ether oxygens (including phenoxy) is 2. The zero-order valence-electron chi connectivity index (χ0n) is 9.08. The summed E-state index contributed by atoms with van der Waals surface area (Å²) in [6, 6.07) is 3.41. The summed E-state index contributed by atoms with van der Waals surface area (Å²) in [5.41, 5.74) is 0.567. The third-order valence-corrected chi connectivity index (χ3v) is 2.36. The molecule has 1 aromatic rings. The van der Waals surface area contributed by atoms with Crippen LogP contribution in [0.1, 0.15) is 25.5 Å². The Bertz CT molecular complexity index is 337. The molecule has 1 rings (SSSR count). The Kier molecular flexibility index (Phi) is 4.24. The molecule has 0 saturated carbocycles. The average molecular weight is 231 g/mol. The molecule has 1 aromatic carbocycles. The number of methoxy groups -OCH3 is 1. The van der Waals surface area contributed by atoms with E-state index in [4.69, 9.17) is 21.1 Å². The van der Waals surface area contributed by atoms with Crippen molar-refractivity contribution in [3.63, 3.8) is 0 Å². The van der Waals surface area contributed by atoms with E-state index in [1.807, 2.05) is 6.92 Å². The van der Waals surface area contributed by atoms with Gasteiger partial charge in [0.05, 0.1) is 24.8 Å². The molecule has 4 heteroatoms. The first-order valence-electron chi connectivity index (χ1n) is 4.79. The molecule has 0 aliphatic carbocycles. The Balaban J connectivity index is 3.30. The summed E-state index contributed by atoms with van der Waals surface area (Å²) in [6.45, 7) is 4.01. The van der Waals surface area contributed by atoms with Gasteiger partial charge in [0, 0.05) is 5.56 Å². The summed E-state index contributed by atoms with van der Waals surface area (Å²) in [5.74, 6) is 1.10. The van der Waals surface area contributed by atoms with Gasteiger partial charge in [-0.2, -0.15) is 0 Å². The van der Waals surface area contributed by atoms with Gasteiger partial charge in [0.15, 0.2) is 11.5 Å². The van der Waals surface area contributed by atoms with Crippen molar-refractivity contribution >= 4 is 11.6 Å². The predicted molar refractivity (Wildman–Crippen MR) is 59.8 cm³/mol. The molecule has 0 heterocycles. The molecule has 0 aliphatic heterocycles. The third kappa shape index (κ3) is 2.55. The average Bonchev–Trinajstić information content (AvgIpc) is 2.18. The lowest BCUT2D eigenvalue weighted by Crippen LogP contribution is -2.03. The number of rotatable bonds is 4. The van der Waals surface area contributed by atoms with Crippen molar-refractivity contribution in [3.8, 4) is 11.5 Å². The molecule has 0 saturated heterocycles. The minimum Gasteiger partial charge on any atom is -0.493 e. The molecule has 0 spiro atoms. The zero-order valence-corrected chi connectivity index (χ0v) is 9.84. The van der Waals surface area contributed by atoms with Crippen molar-refractivity contribution in [2.75, 3.05) is 13.7 Å². The molecule has 0 radical (unpaired) electrons. The molecular weight excluding hydrogens is 216 g/mol. The topological polar surface area (TPSA) is 38.7 Å². The van der Waals surface area contributed by atoms with Crippen molar-refractivity contribution in [2.24, 2.45) is 0 Å². The van der Waals surface area contributed by atoms with Crippen molar-refractivity contribution in [3.05, 3.63) is 22.7 Å². The van der Waals surface area contributed by atoms with E-state index < -0.39 is 6.10 Å². The molecule has 3 nitrogen and oxygen atoms in total. The first-order valence-corrected chi connectivity index (χ1v) is 5.16. The smallest absolute Gasteiger partial charge is 0.168 e. The molecule has 0 aliphatic rings. The SMILES string of the molecule is CCOc1c(OC)ccc(Cl)c1C(C)O. The van der Waals surface area contributed by atoms with Crippen LogP contribution in [-0.4, -0.2) is 18.8 Å². The fourth-order valence-corrected chi connectivity index (χ4v) is 1.71. The van der Waals surface area contributed by atoms with Crippen LogP contribution < -0.4 is 9.47 Å². The van der Waals surface area contributed by atoms with Crippen LogP contribution in [0.15, 0.2) is 12.1 Å². The maximum atomic E-state index is 9.61. The van der Waals surface area contributed by atoms with Crippen LogP contribution in [0.25, 0.3) is 0 Å². The maximum absolute atomic E-state index is 9.61. The van der Waals surface area contributed by atoms with Gasteiger partial charge in [-0.05, 0) is 26.0 Å². The first kappa shape index (κ1) is 12.1. The Morgan fingerprint density at radius 2 is 2.13 bits per heavy atom. The number of aliphatic hydroxyl groups excluding tert-OH is 1. The van der Waals surface area contributed by atoms with E-state index in [2.05, 4.69) is 0 Å². The second-order valence-electron chi connectivity index (χ2n) is 3.10. The zero-order chi connectivity index (χ0) is 11.4. The van der Waals surface area contributed by atoms with E-state index in [9.17, 15) is 5.11 Å². The van der Waals surface area contributed by atoms with Gasteiger partial charge in [-0.25, -0.2) is 0 Å². The van der Waals surface area contributed by atoms with Crippen LogP contribution in [0.5, 0.6) is 11.5 Å². The summed E-state index contributed by atoms with van der Waals surface area (Å²) in [6.07, 6.45) is -0.686. The predicted octanol–water partition coefficient (Wildman–Crippen LogP) is 2.80. The van der Waals surface area contributed by atoms with Gasteiger partial charge in [-0.3, -0.25) is 0 Å². The minimum absolute atomic E-state index is 0.481. The molecule has 1 unspecified atom stereocenters. The fraction of sp³-hybridized carbons (Fsp3) is 0.455. The molecular formula is C11H15ClO3. The van der Waals surface area contributed by atoms with Crippen LogP contribution in [0.2, 0.25) is 5.02 Å². The van der Waals surface area contributed by atoms with Crippen LogP contribution >= 0.6 is 11.6 Å². The maximum Gasteiger partial charge on any atom is 0.168 e. The highest BCUT2D eigenvalue weighted by atomic mass is 35.5. The second kappa shape index (κ2) is 5.24. The highest BCUT2D eigenvalue weighted by Crippen LogP contribution is 2.39. The number of benzene rings is 1. The van der Waals surface area contributed by atoms with Crippen LogP contribution in [0, 0.1) is 0 Å². The summed E-state index contributed by atoms with van der Waals surface area (Å²) in [4.78, 5) is 0. The monoisotopic (exact) mass is 230 g/mol. The highest BCUT2D eigenvalue weighted by Gasteiger charge is 2.18. The van der Waals surface area contributed by atoms with E-state index in [0.29, 0.717) is 28.7 Å². The number of hydrogen-bond donors (Lipinski definition) is 1.